The van der Waals surface area contributed by atoms with Crippen molar-refractivity contribution in [1.29, 1.82) is 0 Å². The number of rotatable bonds is 0. The molecule has 0 aromatic carbocycles. The number of hydrogen-bond acceptors (Lipinski definition) is 0. The first-order valence-corrected chi connectivity index (χ1v) is 9.05. The zero-order valence-corrected chi connectivity index (χ0v) is 15.0. The molecular formula is C25H29. The fourth-order valence-electron chi connectivity index (χ4n) is 2.01. The lowest BCUT2D eigenvalue weighted by Crippen LogP contribution is -1.74. The van der Waals surface area contributed by atoms with Crippen molar-refractivity contribution in [1.82, 2.24) is 0 Å². The van der Waals surface area contributed by atoms with Gasteiger partial charge in [-0.05, 0) is 31.8 Å². The summed E-state index contributed by atoms with van der Waals surface area (Å²) in [6, 6.07) is 0. The van der Waals surface area contributed by atoms with Crippen LogP contribution in [0, 0.1) is 6.08 Å². The average molecular weight is 330 g/mol. The van der Waals surface area contributed by atoms with Crippen LogP contribution in [0.25, 0.3) is 0 Å². The van der Waals surface area contributed by atoms with Crippen LogP contribution in [0.3, 0.4) is 0 Å². The molecule has 0 heteroatoms. The average Bonchev–Trinajstić information content (AvgIpc) is 2.62. The Bertz CT molecular complexity index is 542. The van der Waals surface area contributed by atoms with Gasteiger partial charge < -0.3 is 0 Å². The third-order valence-electron chi connectivity index (χ3n) is 3.32. The fourth-order valence-corrected chi connectivity index (χ4v) is 2.01. The molecular weight excluding hydrogens is 300 g/mol. The summed E-state index contributed by atoms with van der Waals surface area (Å²) in [6.45, 7) is 0. The van der Waals surface area contributed by atoms with Gasteiger partial charge in [0.15, 0.2) is 0 Å². The van der Waals surface area contributed by atoms with Crippen LogP contribution in [0.2, 0.25) is 0 Å². The van der Waals surface area contributed by atoms with E-state index >= 15 is 0 Å². The van der Waals surface area contributed by atoms with Gasteiger partial charge in [0.1, 0.15) is 0 Å². The van der Waals surface area contributed by atoms with Crippen LogP contribution in [-0.4, -0.2) is 0 Å². The van der Waals surface area contributed by atoms with E-state index < -0.39 is 0 Å². The second-order valence-electron chi connectivity index (χ2n) is 5.48. The second kappa shape index (κ2) is 17.7. The fraction of sp³-hybridized carbons (Fsp3) is 0.200. The monoisotopic (exact) mass is 329 g/mol. The summed E-state index contributed by atoms with van der Waals surface area (Å²) in [5, 5.41) is 0. The van der Waals surface area contributed by atoms with Crippen molar-refractivity contribution >= 4 is 0 Å². The Labute approximate surface area is 154 Å². The maximum Gasteiger partial charge on any atom is -0.0276 e. The lowest BCUT2D eigenvalue weighted by atomic mass is 10.1. The summed E-state index contributed by atoms with van der Waals surface area (Å²) in [6.07, 6.45) is 48.0. The topological polar surface area (TPSA) is 0 Å². The molecule has 0 saturated heterocycles. The molecule has 0 N–H and O–H groups in total. The molecule has 0 unspecified atom stereocenters. The van der Waals surface area contributed by atoms with E-state index in [1.54, 1.807) is 0 Å². The molecule has 0 atom stereocenters. The molecule has 1 rings (SSSR count). The van der Waals surface area contributed by atoms with Crippen LogP contribution >= 0.6 is 0 Å². The Morgan fingerprint density at radius 2 is 0.840 bits per heavy atom. The highest BCUT2D eigenvalue weighted by atomic mass is 13.9. The van der Waals surface area contributed by atoms with Crippen molar-refractivity contribution in [3.63, 3.8) is 0 Å². The Morgan fingerprint density at radius 3 is 1.36 bits per heavy atom. The molecule has 0 aliphatic heterocycles. The predicted octanol–water partition coefficient (Wildman–Crippen LogP) is 7.32. The minimum atomic E-state index is 1.04. The maximum atomic E-state index is 3.32. The first-order chi connectivity index (χ1) is 12.5. The second-order valence-corrected chi connectivity index (χ2v) is 5.48. The summed E-state index contributed by atoms with van der Waals surface area (Å²) in [5.41, 5.74) is 0. The summed E-state index contributed by atoms with van der Waals surface area (Å²) in [7, 11) is 0. The zero-order valence-electron chi connectivity index (χ0n) is 15.0. The normalized spacial score (nSPS) is 30.4. The van der Waals surface area contributed by atoms with Crippen molar-refractivity contribution in [3.05, 3.63) is 122 Å². The van der Waals surface area contributed by atoms with Crippen LogP contribution in [0.1, 0.15) is 32.1 Å². The number of allylic oxidation sites excluding steroid dienone is 20. The van der Waals surface area contributed by atoms with E-state index in [0.717, 1.165) is 12.8 Å². The van der Waals surface area contributed by atoms with Gasteiger partial charge in [-0.25, -0.2) is 0 Å². The van der Waals surface area contributed by atoms with Crippen molar-refractivity contribution in [2.75, 3.05) is 0 Å². The smallest absolute Gasteiger partial charge is 0.0276 e. The van der Waals surface area contributed by atoms with E-state index in [9.17, 15) is 0 Å². The molecule has 0 spiro atoms. The van der Waals surface area contributed by atoms with E-state index in [1.807, 2.05) is 91.1 Å². The van der Waals surface area contributed by atoms with E-state index in [1.165, 1.54) is 19.3 Å². The van der Waals surface area contributed by atoms with Gasteiger partial charge in [0.05, 0.1) is 0 Å². The van der Waals surface area contributed by atoms with Gasteiger partial charge in [-0.3, -0.25) is 0 Å². The molecule has 0 fully saturated rings. The minimum Gasteiger partial charge on any atom is -0.0845 e. The predicted molar refractivity (Wildman–Crippen MR) is 113 cm³/mol. The Morgan fingerprint density at radius 1 is 0.400 bits per heavy atom. The van der Waals surface area contributed by atoms with Crippen molar-refractivity contribution in [2.24, 2.45) is 0 Å². The molecule has 1 aliphatic rings. The lowest BCUT2D eigenvalue weighted by Gasteiger charge is -1.93. The minimum absolute atomic E-state index is 1.04. The maximum absolute atomic E-state index is 3.32. The van der Waals surface area contributed by atoms with Gasteiger partial charge in [-0.15, -0.1) is 0 Å². The molecule has 0 saturated carbocycles. The van der Waals surface area contributed by atoms with E-state index in [4.69, 9.17) is 0 Å². The Balaban J connectivity index is 2.51. The first-order valence-electron chi connectivity index (χ1n) is 9.05. The summed E-state index contributed by atoms with van der Waals surface area (Å²) in [4.78, 5) is 0. The van der Waals surface area contributed by atoms with Crippen LogP contribution in [-0.2, 0) is 0 Å². The van der Waals surface area contributed by atoms with Crippen molar-refractivity contribution < 1.29 is 0 Å². The van der Waals surface area contributed by atoms with Gasteiger partial charge in [0.25, 0.3) is 0 Å². The van der Waals surface area contributed by atoms with Crippen LogP contribution in [0.5, 0.6) is 0 Å². The zero-order chi connectivity index (χ0) is 17.7. The molecule has 25 heavy (non-hydrogen) atoms. The summed E-state index contributed by atoms with van der Waals surface area (Å²) in [5.74, 6) is 0. The highest BCUT2D eigenvalue weighted by Gasteiger charge is 1.85. The molecule has 129 valence electrons. The highest BCUT2D eigenvalue weighted by Crippen LogP contribution is 2.04. The van der Waals surface area contributed by atoms with Gasteiger partial charge in [-0.2, -0.15) is 0 Å². The molecule has 0 bridgehead atoms. The van der Waals surface area contributed by atoms with Gasteiger partial charge in [0.2, 0.25) is 0 Å². The third-order valence-corrected chi connectivity index (χ3v) is 3.32. The Kier molecular flexibility index (Phi) is 14.5. The lowest BCUT2D eigenvalue weighted by molar-refractivity contribution is 0.691. The van der Waals surface area contributed by atoms with Crippen molar-refractivity contribution in [2.45, 2.75) is 32.1 Å². The highest BCUT2D eigenvalue weighted by molar-refractivity contribution is 5.22. The van der Waals surface area contributed by atoms with E-state index in [2.05, 4.69) is 30.4 Å². The quantitative estimate of drug-likeness (QED) is 0.437. The van der Waals surface area contributed by atoms with Crippen molar-refractivity contribution in [3.8, 4) is 0 Å². The third kappa shape index (κ3) is 16.1. The van der Waals surface area contributed by atoms with Crippen LogP contribution in [0.4, 0.5) is 0 Å². The molecule has 0 aromatic heterocycles. The molecule has 0 aromatic rings. The van der Waals surface area contributed by atoms with Gasteiger partial charge >= 0.3 is 0 Å². The van der Waals surface area contributed by atoms with E-state index in [0.29, 0.717) is 0 Å². The van der Waals surface area contributed by atoms with Gasteiger partial charge in [-0.1, -0.05) is 122 Å². The summed E-state index contributed by atoms with van der Waals surface area (Å²) >= 11 is 0. The largest absolute Gasteiger partial charge is 0.0845 e. The standard InChI is InChI=1S/C25H29/c1-2-4-6-8-10-12-14-16-18-20-22-24-25-23-21-19-17-15-13-11-9-7-5-3-1/h1-19H,20,22-25H2/b2-1-,5-3+,6-4+,9-7-,10-8+,13-11-,14-12-,17-15+,18-16+,21-19?. The first kappa shape index (κ1) is 20.4. The van der Waals surface area contributed by atoms with E-state index in [-0.39, 0.29) is 0 Å². The molecule has 0 heterocycles. The number of hydrogen-bond donors (Lipinski definition) is 0. The molecule has 1 radical (unpaired) electrons. The van der Waals surface area contributed by atoms with Gasteiger partial charge in [0, 0.05) is 0 Å². The van der Waals surface area contributed by atoms with Crippen LogP contribution in [0.15, 0.2) is 115 Å². The molecule has 0 nitrogen and oxygen atoms in total. The van der Waals surface area contributed by atoms with Crippen LogP contribution < -0.4 is 0 Å². The Hall–Kier alpha value is -2.60. The SMILES string of the molecule is [C]1=C/C=C/C=C\C=C/C=C/C=C\C=C\C=C\C=C/C=C/CCCCC/1. The molecule has 1 aliphatic carbocycles. The molecule has 0 amide bonds. The summed E-state index contributed by atoms with van der Waals surface area (Å²) < 4.78 is 0.